The van der Waals surface area contributed by atoms with E-state index < -0.39 is 6.36 Å². The maximum atomic E-state index is 12.2. The summed E-state index contributed by atoms with van der Waals surface area (Å²) >= 11 is 1.62. The topological polar surface area (TPSA) is 79.4 Å². The molecule has 1 atom stereocenters. The Bertz CT molecular complexity index is 980. The van der Waals surface area contributed by atoms with Gasteiger partial charge >= 0.3 is 6.36 Å². The predicted octanol–water partition coefficient (Wildman–Crippen LogP) is 4.20. The lowest BCUT2D eigenvalue weighted by Crippen LogP contribution is -2.45. The van der Waals surface area contributed by atoms with Gasteiger partial charge in [-0.1, -0.05) is 0 Å². The molecule has 1 saturated carbocycles. The molecule has 0 spiro atoms. The smallest absolute Gasteiger partial charge is 0.406 e. The van der Waals surface area contributed by atoms with E-state index in [1.54, 1.807) is 23.9 Å². The van der Waals surface area contributed by atoms with Crippen molar-refractivity contribution >= 4 is 35.1 Å². The van der Waals surface area contributed by atoms with Gasteiger partial charge in [-0.2, -0.15) is 4.98 Å². The Balaban J connectivity index is 1.32. The van der Waals surface area contributed by atoms with Crippen molar-refractivity contribution < 1.29 is 22.7 Å². The molecular weight excluding hydrogens is 431 g/mol. The number of aromatic nitrogens is 2. The van der Waals surface area contributed by atoms with E-state index in [0.717, 1.165) is 17.7 Å². The minimum Gasteiger partial charge on any atom is -0.406 e. The Morgan fingerprint density at radius 3 is 2.55 bits per heavy atom. The van der Waals surface area contributed by atoms with Crippen molar-refractivity contribution in [3.8, 4) is 5.75 Å². The molecule has 31 heavy (non-hydrogen) atoms. The van der Waals surface area contributed by atoms with Crippen LogP contribution in [0.15, 0.2) is 29.2 Å². The third kappa shape index (κ3) is 4.81. The van der Waals surface area contributed by atoms with E-state index in [2.05, 4.69) is 25.3 Å². The number of amides is 1. The Morgan fingerprint density at radius 1 is 1.23 bits per heavy atom. The Morgan fingerprint density at radius 2 is 1.90 bits per heavy atom. The fraction of sp³-hybridized carbons (Fsp3) is 0.450. The summed E-state index contributed by atoms with van der Waals surface area (Å²) in [4.78, 5) is 23.8. The van der Waals surface area contributed by atoms with E-state index in [9.17, 15) is 18.0 Å². The number of hydrogen-bond donors (Lipinski definition) is 2. The number of hydrogen-bond acceptors (Lipinski definition) is 7. The first kappa shape index (κ1) is 21.5. The minimum atomic E-state index is -4.68. The third-order valence-corrected chi connectivity index (χ3v) is 6.66. The van der Waals surface area contributed by atoms with E-state index in [1.165, 1.54) is 12.1 Å². The molecule has 1 aromatic carbocycles. The maximum absolute atomic E-state index is 12.2. The van der Waals surface area contributed by atoms with E-state index in [4.69, 9.17) is 0 Å². The molecule has 1 aromatic heterocycles. The van der Waals surface area contributed by atoms with Crippen molar-refractivity contribution in [1.82, 2.24) is 9.97 Å². The van der Waals surface area contributed by atoms with Crippen LogP contribution in [0.5, 0.6) is 5.75 Å². The van der Waals surface area contributed by atoms with Gasteiger partial charge in [0, 0.05) is 23.2 Å². The zero-order valence-electron chi connectivity index (χ0n) is 17.2. The van der Waals surface area contributed by atoms with Gasteiger partial charge in [-0.05, 0) is 51.0 Å². The number of likely N-dealkylation sites (N-methyl/N-ethyl adjacent to an activating group) is 1. The number of carbonyl (C=O) groups is 1. The van der Waals surface area contributed by atoms with Crippen LogP contribution in [0.4, 0.5) is 30.6 Å². The molecule has 1 aliphatic carbocycles. The van der Waals surface area contributed by atoms with Gasteiger partial charge in [0.25, 0.3) is 0 Å². The number of anilines is 3. The standard InChI is InChI=1S/C20H22F3N5O2S/c1-10-16-17(28(3)11(2)18(29)26-16)27-19(24-10)25-12-8-15(9-12)31-14-6-4-13(5-7-14)30-20(21,22)23/h4-7,11-12,15H,8-9H2,1-3H3,(H,26,29)(H,24,25,27)/t11-,12?,15?/m0/s1. The lowest BCUT2D eigenvalue weighted by Gasteiger charge is -2.36. The second-order valence-electron chi connectivity index (χ2n) is 7.68. The van der Waals surface area contributed by atoms with E-state index >= 15 is 0 Å². The van der Waals surface area contributed by atoms with Crippen molar-refractivity contribution in [2.45, 2.75) is 55.3 Å². The van der Waals surface area contributed by atoms with Crippen LogP contribution in [-0.4, -0.2) is 46.6 Å². The number of nitrogens with zero attached hydrogens (tertiary/aromatic N) is 3. The summed E-state index contributed by atoms with van der Waals surface area (Å²) in [6.45, 7) is 3.65. The monoisotopic (exact) mass is 453 g/mol. The summed E-state index contributed by atoms with van der Waals surface area (Å²) in [5, 5.41) is 6.56. The summed E-state index contributed by atoms with van der Waals surface area (Å²) in [5.41, 5.74) is 1.34. The van der Waals surface area contributed by atoms with E-state index in [1.807, 2.05) is 25.8 Å². The van der Waals surface area contributed by atoms with Crippen molar-refractivity contribution in [2.75, 3.05) is 22.6 Å². The average molecular weight is 453 g/mol. The van der Waals surface area contributed by atoms with Gasteiger partial charge in [0.15, 0.2) is 5.82 Å². The molecule has 2 aromatic rings. The number of carbonyl (C=O) groups excluding carboxylic acids is 1. The van der Waals surface area contributed by atoms with Gasteiger partial charge in [0.1, 0.15) is 17.5 Å². The molecule has 0 bridgehead atoms. The largest absolute Gasteiger partial charge is 0.573 e. The second-order valence-corrected chi connectivity index (χ2v) is 9.05. The van der Waals surface area contributed by atoms with Crippen molar-refractivity contribution in [3.05, 3.63) is 30.0 Å². The lowest BCUT2D eigenvalue weighted by molar-refractivity contribution is -0.274. The molecule has 1 aliphatic heterocycles. The van der Waals surface area contributed by atoms with Crippen LogP contribution in [0, 0.1) is 6.92 Å². The molecule has 2 aliphatic rings. The molecule has 1 amide bonds. The summed E-state index contributed by atoms with van der Waals surface area (Å²) in [6.07, 6.45) is -2.92. The number of alkyl halides is 3. The Labute approximate surface area is 181 Å². The molecule has 0 unspecified atom stereocenters. The zero-order chi connectivity index (χ0) is 22.3. The van der Waals surface area contributed by atoms with Gasteiger partial charge in [-0.15, -0.1) is 24.9 Å². The number of aryl methyl sites for hydroxylation is 1. The van der Waals surface area contributed by atoms with Crippen LogP contribution in [0.2, 0.25) is 0 Å². The SMILES string of the molecule is Cc1nc(NC2CC(Sc3ccc(OC(F)(F)F)cc3)C2)nc2c1NC(=O)[C@H](C)N2C. The lowest BCUT2D eigenvalue weighted by atomic mass is 9.92. The molecule has 2 N–H and O–H groups in total. The number of benzene rings is 1. The zero-order valence-corrected chi connectivity index (χ0v) is 18.0. The average Bonchev–Trinajstić information content (AvgIpc) is 2.66. The number of halogens is 3. The van der Waals surface area contributed by atoms with Gasteiger partial charge in [-0.25, -0.2) is 4.98 Å². The van der Waals surface area contributed by atoms with Crippen molar-refractivity contribution in [1.29, 1.82) is 0 Å². The molecule has 11 heteroatoms. The highest BCUT2D eigenvalue weighted by molar-refractivity contribution is 8.00. The molecule has 2 heterocycles. The predicted molar refractivity (Wildman–Crippen MR) is 113 cm³/mol. The fourth-order valence-corrected chi connectivity index (χ4v) is 4.82. The van der Waals surface area contributed by atoms with Crippen molar-refractivity contribution in [2.24, 2.45) is 0 Å². The highest BCUT2D eigenvalue weighted by Gasteiger charge is 2.34. The molecule has 1 fully saturated rings. The molecule has 7 nitrogen and oxygen atoms in total. The van der Waals surface area contributed by atoms with Gasteiger partial charge in [-0.3, -0.25) is 4.79 Å². The van der Waals surface area contributed by atoms with Crippen molar-refractivity contribution in [3.63, 3.8) is 0 Å². The van der Waals surface area contributed by atoms with Crippen LogP contribution in [0.1, 0.15) is 25.5 Å². The van der Waals surface area contributed by atoms with Crippen LogP contribution >= 0.6 is 11.8 Å². The first-order valence-corrected chi connectivity index (χ1v) is 10.7. The van der Waals surface area contributed by atoms with Crippen LogP contribution in [-0.2, 0) is 4.79 Å². The number of nitrogens with one attached hydrogen (secondary N) is 2. The van der Waals surface area contributed by atoms with E-state index in [-0.39, 0.29) is 23.7 Å². The maximum Gasteiger partial charge on any atom is 0.573 e. The number of rotatable bonds is 5. The molecule has 166 valence electrons. The highest BCUT2D eigenvalue weighted by atomic mass is 32.2. The summed E-state index contributed by atoms with van der Waals surface area (Å²) in [6, 6.07) is 5.81. The molecular formula is C20H22F3N5O2S. The fourth-order valence-electron chi connectivity index (χ4n) is 3.49. The Hall–Kier alpha value is -2.69. The Kier molecular flexibility index (Phi) is 5.63. The number of fused-ring (bicyclic) bond motifs is 1. The van der Waals surface area contributed by atoms with Gasteiger partial charge in [0.2, 0.25) is 11.9 Å². The minimum absolute atomic E-state index is 0.0840. The second kappa shape index (κ2) is 8.10. The van der Waals surface area contributed by atoms with Crippen LogP contribution < -0.4 is 20.3 Å². The molecule has 4 rings (SSSR count). The first-order chi connectivity index (χ1) is 14.6. The van der Waals surface area contributed by atoms with E-state index in [0.29, 0.717) is 28.4 Å². The van der Waals surface area contributed by atoms with Crippen LogP contribution in [0.3, 0.4) is 0 Å². The first-order valence-electron chi connectivity index (χ1n) is 9.80. The number of thioether (sulfide) groups is 1. The normalized spacial score (nSPS) is 23.0. The van der Waals surface area contributed by atoms with Crippen LogP contribution in [0.25, 0.3) is 0 Å². The third-order valence-electron chi connectivity index (χ3n) is 5.40. The summed E-state index contributed by atoms with van der Waals surface area (Å²) in [7, 11) is 1.83. The summed E-state index contributed by atoms with van der Waals surface area (Å²) < 4.78 is 40.6. The number of ether oxygens (including phenoxy) is 1. The summed E-state index contributed by atoms with van der Waals surface area (Å²) in [5.74, 6) is 0.904. The molecule has 0 saturated heterocycles. The van der Waals surface area contributed by atoms with Gasteiger partial charge in [0.05, 0.1) is 5.69 Å². The quantitative estimate of drug-likeness (QED) is 0.703. The molecule has 0 radical (unpaired) electrons. The highest BCUT2D eigenvalue weighted by Crippen LogP contribution is 2.39. The van der Waals surface area contributed by atoms with Gasteiger partial charge < -0.3 is 20.3 Å².